The van der Waals surface area contributed by atoms with Crippen molar-refractivity contribution in [2.24, 2.45) is 4.99 Å². The molecule has 2 fully saturated rings. The smallest absolute Gasteiger partial charge is 0.254 e. The first-order valence-electron chi connectivity index (χ1n) is 9.82. The van der Waals surface area contributed by atoms with Gasteiger partial charge in [-0.1, -0.05) is 19.1 Å². The molecule has 2 amide bonds. The summed E-state index contributed by atoms with van der Waals surface area (Å²) < 4.78 is 0. The lowest BCUT2D eigenvalue weighted by Crippen LogP contribution is -2.49. The van der Waals surface area contributed by atoms with Crippen LogP contribution < -0.4 is 10.6 Å². The Balaban J connectivity index is 1.55. The minimum Gasteiger partial charge on any atom is -0.353 e. The summed E-state index contributed by atoms with van der Waals surface area (Å²) in [5.41, 5.74) is 1.70. The van der Waals surface area contributed by atoms with Crippen molar-refractivity contribution >= 4 is 29.5 Å². The standard InChI is InChI=1S/C20H29N5O2S/c1-3-17-13-25(10-11-28-17)20(21-2)23-12-15-4-6-16(7-5-15)19(27)24-9-8-22-18(26)14-24/h4-7,17H,3,8-14H2,1-2H3,(H,21,23)(H,22,26). The molecule has 2 aliphatic heterocycles. The maximum absolute atomic E-state index is 12.5. The number of rotatable bonds is 4. The Labute approximate surface area is 170 Å². The third-order valence-corrected chi connectivity index (χ3v) is 6.45. The van der Waals surface area contributed by atoms with E-state index < -0.39 is 0 Å². The first-order valence-corrected chi connectivity index (χ1v) is 10.9. The summed E-state index contributed by atoms with van der Waals surface area (Å²) in [7, 11) is 1.82. The minimum atomic E-state index is -0.103. The monoisotopic (exact) mass is 403 g/mol. The van der Waals surface area contributed by atoms with Gasteiger partial charge in [-0.3, -0.25) is 14.6 Å². The summed E-state index contributed by atoms with van der Waals surface area (Å²) in [6.45, 7) is 6.13. The second kappa shape index (κ2) is 9.82. The van der Waals surface area contributed by atoms with Gasteiger partial charge in [-0.2, -0.15) is 11.8 Å². The van der Waals surface area contributed by atoms with Crippen molar-refractivity contribution in [1.82, 2.24) is 20.4 Å². The van der Waals surface area contributed by atoms with E-state index in [1.807, 2.05) is 43.1 Å². The molecule has 1 aromatic carbocycles. The number of piperazine rings is 1. The van der Waals surface area contributed by atoms with Crippen molar-refractivity contribution in [1.29, 1.82) is 0 Å². The molecule has 3 rings (SSSR count). The fourth-order valence-electron chi connectivity index (χ4n) is 3.43. The Morgan fingerprint density at radius 1 is 1.29 bits per heavy atom. The highest BCUT2D eigenvalue weighted by Gasteiger charge is 2.23. The predicted octanol–water partition coefficient (Wildman–Crippen LogP) is 1.16. The van der Waals surface area contributed by atoms with Crippen molar-refractivity contribution < 1.29 is 9.59 Å². The topological polar surface area (TPSA) is 77.0 Å². The number of hydrogen-bond donors (Lipinski definition) is 2. The summed E-state index contributed by atoms with van der Waals surface area (Å²) in [5.74, 6) is 1.86. The van der Waals surface area contributed by atoms with Crippen LogP contribution in [0.5, 0.6) is 0 Å². The fraction of sp³-hybridized carbons (Fsp3) is 0.550. The van der Waals surface area contributed by atoms with Gasteiger partial charge in [0, 0.05) is 56.3 Å². The average Bonchev–Trinajstić information content (AvgIpc) is 2.74. The SMILES string of the molecule is CCC1CN(C(=NC)NCc2ccc(C(=O)N3CCNC(=O)C3)cc2)CCS1. The van der Waals surface area contributed by atoms with Gasteiger partial charge in [-0.25, -0.2) is 0 Å². The molecule has 0 radical (unpaired) electrons. The zero-order valence-electron chi connectivity index (χ0n) is 16.6. The molecular formula is C20H29N5O2S. The number of hydrogen-bond acceptors (Lipinski definition) is 4. The van der Waals surface area contributed by atoms with E-state index in [1.54, 1.807) is 4.90 Å². The molecule has 152 valence electrons. The van der Waals surface area contributed by atoms with Gasteiger partial charge in [-0.05, 0) is 24.1 Å². The van der Waals surface area contributed by atoms with Gasteiger partial charge in [0.05, 0.1) is 6.54 Å². The van der Waals surface area contributed by atoms with Crippen LogP contribution in [0.1, 0.15) is 29.3 Å². The minimum absolute atomic E-state index is 0.0957. The Morgan fingerprint density at radius 3 is 2.75 bits per heavy atom. The number of nitrogens with zero attached hydrogens (tertiary/aromatic N) is 3. The maximum atomic E-state index is 12.5. The molecule has 0 spiro atoms. The number of nitrogens with one attached hydrogen (secondary N) is 2. The van der Waals surface area contributed by atoms with E-state index in [2.05, 4.69) is 27.4 Å². The van der Waals surface area contributed by atoms with Gasteiger partial charge >= 0.3 is 0 Å². The lowest BCUT2D eigenvalue weighted by molar-refractivity contribution is -0.123. The fourth-order valence-corrected chi connectivity index (χ4v) is 4.61. The third kappa shape index (κ3) is 5.19. The van der Waals surface area contributed by atoms with E-state index in [0.717, 1.165) is 30.4 Å². The van der Waals surface area contributed by atoms with Gasteiger partial charge in [0.2, 0.25) is 5.91 Å². The van der Waals surface area contributed by atoms with E-state index in [9.17, 15) is 9.59 Å². The van der Waals surface area contributed by atoms with E-state index in [1.165, 1.54) is 6.42 Å². The summed E-state index contributed by atoms with van der Waals surface area (Å²) >= 11 is 2.04. The second-order valence-electron chi connectivity index (χ2n) is 7.02. The number of carbonyl (C=O) groups is 2. The van der Waals surface area contributed by atoms with Crippen molar-refractivity contribution in [2.75, 3.05) is 45.5 Å². The quantitative estimate of drug-likeness (QED) is 0.583. The maximum Gasteiger partial charge on any atom is 0.254 e. The van der Waals surface area contributed by atoms with Crippen LogP contribution in [-0.4, -0.2) is 78.3 Å². The van der Waals surface area contributed by atoms with E-state index in [4.69, 9.17) is 0 Å². The second-order valence-corrected chi connectivity index (χ2v) is 8.43. The predicted molar refractivity (Wildman–Crippen MR) is 114 cm³/mol. The molecule has 0 bridgehead atoms. The Bertz CT molecular complexity index is 722. The van der Waals surface area contributed by atoms with Crippen LogP contribution in [0.25, 0.3) is 0 Å². The number of benzene rings is 1. The molecule has 0 aromatic heterocycles. The largest absolute Gasteiger partial charge is 0.353 e. The summed E-state index contributed by atoms with van der Waals surface area (Å²) in [6, 6.07) is 7.58. The lowest BCUT2D eigenvalue weighted by Gasteiger charge is -2.34. The summed E-state index contributed by atoms with van der Waals surface area (Å²) in [6.07, 6.45) is 1.17. The van der Waals surface area contributed by atoms with Crippen molar-refractivity contribution in [3.63, 3.8) is 0 Å². The molecule has 8 heteroatoms. The van der Waals surface area contributed by atoms with Crippen LogP contribution in [0.2, 0.25) is 0 Å². The molecule has 28 heavy (non-hydrogen) atoms. The molecule has 2 aliphatic rings. The van der Waals surface area contributed by atoms with Crippen LogP contribution >= 0.6 is 11.8 Å². The number of carbonyl (C=O) groups excluding carboxylic acids is 2. The first-order chi connectivity index (χ1) is 13.6. The van der Waals surface area contributed by atoms with Crippen LogP contribution in [-0.2, 0) is 11.3 Å². The molecule has 1 atom stereocenters. The average molecular weight is 404 g/mol. The molecule has 2 heterocycles. The molecule has 0 aliphatic carbocycles. The van der Waals surface area contributed by atoms with Crippen LogP contribution in [0.4, 0.5) is 0 Å². The first kappa shape index (κ1) is 20.5. The summed E-state index contributed by atoms with van der Waals surface area (Å²) in [4.78, 5) is 32.4. The number of aliphatic imine (C=N–C) groups is 1. The Morgan fingerprint density at radius 2 is 2.07 bits per heavy atom. The molecule has 2 N–H and O–H groups in total. The number of amides is 2. The zero-order valence-corrected chi connectivity index (χ0v) is 17.4. The normalized spacial score (nSPS) is 20.7. The lowest BCUT2D eigenvalue weighted by atomic mass is 10.1. The number of thioether (sulfide) groups is 1. The molecule has 1 aromatic rings. The van der Waals surface area contributed by atoms with Crippen molar-refractivity contribution in [3.8, 4) is 0 Å². The van der Waals surface area contributed by atoms with Gasteiger partial charge in [-0.15, -0.1) is 0 Å². The van der Waals surface area contributed by atoms with Crippen LogP contribution in [0, 0.1) is 0 Å². The van der Waals surface area contributed by atoms with Crippen LogP contribution in [0.15, 0.2) is 29.3 Å². The van der Waals surface area contributed by atoms with Crippen LogP contribution in [0.3, 0.4) is 0 Å². The zero-order chi connectivity index (χ0) is 19.9. The molecule has 0 saturated carbocycles. The molecule has 2 saturated heterocycles. The van der Waals surface area contributed by atoms with E-state index >= 15 is 0 Å². The van der Waals surface area contributed by atoms with Gasteiger partial charge < -0.3 is 20.4 Å². The summed E-state index contributed by atoms with van der Waals surface area (Å²) in [5, 5.41) is 6.83. The van der Waals surface area contributed by atoms with Crippen molar-refractivity contribution in [2.45, 2.75) is 25.1 Å². The number of guanidine groups is 1. The van der Waals surface area contributed by atoms with E-state index in [0.29, 0.717) is 30.4 Å². The Hall–Kier alpha value is -2.22. The third-order valence-electron chi connectivity index (χ3n) is 5.08. The van der Waals surface area contributed by atoms with Gasteiger partial charge in [0.25, 0.3) is 5.91 Å². The Kier molecular flexibility index (Phi) is 7.19. The molecule has 7 nitrogen and oxygen atoms in total. The van der Waals surface area contributed by atoms with E-state index in [-0.39, 0.29) is 18.4 Å². The highest BCUT2D eigenvalue weighted by atomic mass is 32.2. The highest BCUT2D eigenvalue weighted by Crippen LogP contribution is 2.21. The highest BCUT2D eigenvalue weighted by molar-refractivity contribution is 8.00. The molecular weight excluding hydrogens is 374 g/mol. The van der Waals surface area contributed by atoms with Gasteiger partial charge in [0.15, 0.2) is 5.96 Å². The van der Waals surface area contributed by atoms with Gasteiger partial charge in [0.1, 0.15) is 0 Å². The molecule has 1 unspecified atom stereocenters. The van der Waals surface area contributed by atoms with Crippen molar-refractivity contribution in [3.05, 3.63) is 35.4 Å².